The number of hydrogen-bond donors (Lipinski definition) is 1. The van der Waals surface area contributed by atoms with Gasteiger partial charge in [0.1, 0.15) is 6.04 Å². The Hall–Kier alpha value is -2.05. The van der Waals surface area contributed by atoms with E-state index >= 15 is 0 Å². The zero-order valence-corrected chi connectivity index (χ0v) is 17.5. The molecule has 2 aromatic carbocycles. The van der Waals surface area contributed by atoms with E-state index in [1.165, 1.54) is 0 Å². The van der Waals surface area contributed by atoms with Crippen molar-refractivity contribution < 1.29 is 13.2 Å². The second kappa shape index (κ2) is 8.76. The van der Waals surface area contributed by atoms with Gasteiger partial charge in [0.15, 0.2) is 0 Å². The van der Waals surface area contributed by atoms with Gasteiger partial charge in [-0.2, -0.15) is 0 Å². The second-order valence-corrected chi connectivity index (χ2v) is 8.82. The molecule has 2 atom stereocenters. The van der Waals surface area contributed by atoms with Gasteiger partial charge in [0.25, 0.3) is 0 Å². The molecule has 7 heteroatoms. The highest BCUT2D eigenvalue weighted by molar-refractivity contribution is 7.92. The lowest BCUT2D eigenvalue weighted by Crippen LogP contribution is -2.49. The number of amides is 1. The Bertz CT molecular complexity index is 901. The van der Waals surface area contributed by atoms with Crippen molar-refractivity contribution in [2.75, 3.05) is 10.6 Å². The summed E-state index contributed by atoms with van der Waals surface area (Å²) >= 11 is 6.18. The van der Waals surface area contributed by atoms with Crippen LogP contribution in [0.4, 0.5) is 5.69 Å². The summed E-state index contributed by atoms with van der Waals surface area (Å²) in [7, 11) is -3.69. The first-order valence-corrected chi connectivity index (χ1v) is 11.0. The lowest BCUT2D eigenvalue weighted by atomic mass is 10.1. The molecule has 146 valence electrons. The molecule has 0 aliphatic rings. The van der Waals surface area contributed by atoms with Crippen LogP contribution in [0.2, 0.25) is 5.02 Å². The highest BCUT2D eigenvalue weighted by atomic mass is 35.5. The third-order valence-electron chi connectivity index (χ3n) is 4.40. The van der Waals surface area contributed by atoms with E-state index in [-0.39, 0.29) is 11.9 Å². The Labute approximate surface area is 166 Å². The van der Waals surface area contributed by atoms with Crippen LogP contribution in [0, 0.1) is 6.92 Å². The Balaban J connectivity index is 2.34. The normalized spacial score (nSPS) is 13.7. The topological polar surface area (TPSA) is 66.5 Å². The van der Waals surface area contributed by atoms with Crippen LogP contribution in [0.25, 0.3) is 0 Å². The number of carbonyl (C=O) groups is 1. The Morgan fingerprint density at radius 1 is 1.19 bits per heavy atom. The van der Waals surface area contributed by atoms with Gasteiger partial charge in [0.2, 0.25) is 15.9 Å². The summed E-state index contributed by atoms with van der Waals surface area (Å²) in [6.07, 6.45) is 1.42. The van der Waals surface area contributed by atoms with Gasteiger partial charge < -0.3 is 5.32 Å². The number of sulfonamides is 1. The zero-order chi connectivity index (χ0) is 20.2. The van der Waals surface area contributed by atoms with Crippen molar-refractivity contribution in [1.82, 2.24) is 5.32 Å². The summed E-state index contributed by atoms with van der Waals surface area (Å²) in [4.78, 5) is 12.9. The predicted octanol–water partition coefficient (Wildman–Crippen LogP) is 4.07. The highest BCUT2D eigenvalue weighted by Gasteiger charge is 2.32. The van der Waals surface area contributed by atoms with Gasteiger partial charge in [-0.05, 0) is 43.5 Å². The summed E-state index contributed by atoms with van der Waals surface area (Å²) < 4.78 is 26.1. The smallest absolute Gasteiger partial charge is 0.244 e. The first-order valence-electron chi connectivity index (χ1n) is 8.76. The number of anilines is 1. The summed E-state index contributed by atoms with van der Waals surface area (Å²) in [5.41, 5.74) is 2.16. The van der Waals surface area contributed by atoms with E-state index in [9.17, 15) is 13.2 Å². The van der Waals surface area contributed by atoms with Crippen LogP contribution in [0.1, 0.15) is 37.4 Å². The van der Waals surface area contributed by atoms with Crippen LogP contribution < -0.4 is 9.62 Å². The van der Waals surface area contributed by atoms with Gasteiger partial charge in [0.05, 0.1) is 18.0 Å². The fourth-order valence-electron chi connectivity index (χ4n) is 2.91. The number of carbonyl (C=O) groups excluding carboxylic acids is 1. The van der Waals surface area contributed by atoms with E-state index in [0.717, 1.165) is 21.7 Å². The third kappa shape index (κ3) is 5.23. The molecular weight excluding hydrogens is 384 g/mol. The quantitative estimate of drug-likeness (QED) is 0.750. The maximum Gasteiger partial charge on any atom is 0.244 e. The van der Waals surface area contributed by atoms with Crippen LogP contribution >= 0.6 is 11.6 Å². The molecule has 0 bridgehead atoms. The SMILES string of the molecule is CCC(C(=O)NC(C)c1ccccc1)N(c1ccc(C)c(Cl)c1)S(C)(=O)=O. The highest BCUT2D eigenvalue weighted by Crippen LogP contribution is 2.28. The molecule has 0 fully saturated rings. The molecule has 0 saturated carbocycles. The number of halogens is 1. The van der Waals surface area contributed by atoms with Gasteiger partial charge in [-0.3, -0.25) is 9.10 Å². The van der Waals surface area contributed by atoms with Crippen molar-refractivity contribution in [3.63, 3.8) is 0 Å². The van der Waals surface area contributed by atoms with Gasteiger partial charge in [0, 0.05) is 5.02 Å². The molecule has 1 N–H and O–H groups in total. The van der Waals surface area contributed by atoms with Crippen molar-refractivity contribution in [3.8, 4) is 0 Å². The van der Waals surface area contributed by atoms with Crippen molar-refractivity contribution in [2.45, 2.75) is 39.3 Å². The maximum absolute atomic E-state index is 12.9. The molecule has 2 unspecified atom stereocenters. The molecule has 2 rings (SSSR count). The summed E-state index contributed by atoms with van der Waals surface area (Å²) in [5.74, 6) is -0.351. The fourth-order valence-corrected chi connectivity index (χ4v) is 4.29. The average Bonchev–Trinajstić information content (AvgIpc) is 2.61. The predicted molar refractivity (Wildman–Crippen MR) is 111 cm³/mol. The first kappa shape index (κ1) is 21.3. The molecule has 5 nitrogen and oxygen atoms in total. The zero-order valence-electron chi connectivity index (χ0n) is 15.9. The van der Waals surface area contributed by atoms with Gasteiger partial charge in [-0.25, -0.2) is 8.42 Å². The van der Waals surface area contributed by atoms with Gasteiger partial charge in [-0.1, -0.05) is 54.9 Å². The minimum atomic E-state index is -3.69. The van der Waals surface area contributed by atoms with E-state index < -0.39 is 16.1 Å². The number of aryl methyl sites for hydroxylation is 1. The molecule has 0 aliphatic heterocycles. The lowest BCUT2D eigenvalue weighted by Gasteiger charge is -2.31. The van der Waals surface area contributed by atoms with Crippen LogP contribution in [-0.4, -0.2) is 26.6 Å². The lowest BCUT2D eigenvalue weighted by molar-refractivity contribution is -0.122. The first-order chi connectivity index (χ1) is 12.6. The van der Waals surface area contributed by atoms with Crippen LogP contribution in [0.5, 0.6) is 0 Å². The Morgan fingerprint density at radius 2 is 1.81 bits per heavy atom. The van der Waals surface area contributed by atoms with Crippen LogP contribution in [0.3, 0.4) is 0 Å². The Morgan fingerprint density at radius 3 is 2.33 bits per heavy atom. The number of rotatable bonds is 7. The molecule has 0 spiro atoms. The van der Waals surface area contributed by atoms with Crippen LogP contribution in [0.15, 0.2) is 48.5 Å². The van der Waals surface area contributed by atoms with E-state index in [0.29, 0.717) is 17.1 Å². The van der Waals surface area contributed by atoms with Crippen molar-refractivity contribution in [3.05, 3.63) is 64.7 Å². The molecule has 0 aromatic heterocycles. The molecule has 1 amide bonds. The molecule has 0 aliphatic carbocycles. The minimum absolute atomic E-state index is 0.240. The van der Waals surface area contributed by atoms with Gasteiger partial charge >= 0.3 is 0 Å². The van der Waals surface area contributed by atoms with E-state index in [4.69, 9.17) is 11.6 Å². The van der Waals surface area contributed by atoms with Gasteiger partial charge in [-0.15, -0.1) is 0 Å². The number of nitrogens with one attached hydrogen (secondary N) is 1. The summed E-state index contributed by atoms with van der Waals surface area (Å²) in [6, 6.07) is 13.4. The van der Waals surface area contributed by atoms with Crippen molar-refractivity contribution >= 4 is 33.2 Å². The molecule has 0 heterocycles. The molecule has 27 heavy (non-hydrogen) atoms. The molecule has 2 aromatic rings. The fraction of sp³-hybridized carbons (Fsp3) is 0.350. The monoisotopic (exact) mass is 408 g/mol. The van der Waals surface area contributed by atoms with E-state index in [1.807, 2.05) is 44.2 Å². The maximum atomic E-state index is 12.9. The van der Waals surface area contributed by atoms with Crippen molar-refractivity contribution in [2.24, 2.45) is 0 Å². The molecule has 0 radical (unpaired) electrons. The second-order valence-electron chi connectivity index (χ2n) is 6.56. The average molecular weight is 409 g/mol. The number of benzene rings is 2. The van der Waals surface area contributed by atoms with E-state index in [1.54, 1.807) is 25.1 Å². The standard InChI is InChI=1S/C20H25ClN2O3S/c1-5-19(20(24)22-15(3)16-9-7-6-8-10-16)23(27(4,25)26)17-12-11-14(2)18(21)13-17/h6-13,15,19H,5H2,1-4H3,(H,22,24). The number of hydrogen-bond acceptors (Lipinski definition) is 3. The largest absolute Gasteiger partial charge is 0.348 e. The van der Waals surface area contributed by atoms with Crippen LogP contribution in [-0.2, 0) is 14.8 Å². The van der Waals surface area contributed by atoms with E-state index in [2.05, 4.69) is 5.32 Å². The molecular formula is C20H25ClN2O3S. The minimum Gasteiger partial charge on any atom is -0.348 e. The third-order valence-corrected chi connectivity index (χ3v) is 5.99. The summed E-state index contributed by atoms with van der Waals surface area (Å²) in [6.45, 7) is 5.49. The van der Waals surface area contributed by atoms with Crippen molar-refractivity contribution in [1.29, 1.82) is 0 Å². The number of nitrogens with zero attached hydrogens (tertiary/aromatic N) is 1. The molecule has 0 saturated heterocycles. The Kier molecular flexibility index (Phi) is 6.89. The summed E-state index contributed by atoms with van der Waals surface area (Å²) in [5, 5.41) is 3.37.